The molecule has 1 aliphatic rings. The molecule has 3 nitrogen and oxygen atoms in total. The third-order valence-corrected chi connectivity index (χ3v) is 4.08. The first-order valence-corrected chi connectivity index (χ1v) is 7.65. The average molecular weight is 261 g/mol. The zero-order valence-corrected chi connectivity index (χ0v) is 12.6. The van der Waals surface area contributed by atoms with Gasteiger partial charge in [0.25, 0.3) is 0 Å². The lowest BCUT2D eigenvalue weighted by Crippen LogP contribution is -2.36. The maximum absolute atomic E-state index is 4.71. The van der Waals surface area contributed by atoms with Crippen molar-refractivity contribution in [2.45, 2.75) is 46.6 Å². The number of anilines is 1. The van der Waals surface area contributed by atoms with E-state index in [1.807, 2.05) is 6.20 Å². The van der Waals surface area contributed by atoms with Gasteiger partial charge in [0.1, 0.15) is 5.82 Å². The molecule has 1 N–H and O–H groups in total. The van der Waals surface area contributed by atoms with Crippen molar-refractivity contribution in [1.82, 2.24) is 10.3 Å². The number of hydrogen-bond donors (Lipinski definition) is 1. The van der Waals surface area contributed by atoms with Crippen LogP contribution in [-0.2, 0) is 6.54 Å². The number of nitrogens with one attached hydrogen (secondary N) is 1. The van der Waals surface area contributed by atoms with Crippen molar-refractivity contribution < 1.29 is 0 Å². The van der Waals surface area contributed by atoms with Gasteiger partial charge in [-0.25, -0.2) is 4.98 Å². The molecule has 3 heteroatoms. The summed E-state index contributed by atoms with van der Waals surface area (Å²) in [5.41, 5.74) is 2.60. The summed E-state index contributed by atoms with van der Waals surface area (Å²) in [7, 11) is 0. The number of nitrogens with zero attached hydrogens (tertiary/aromatic N) is 2. The van der Waals surface area contributed by atoms with E-state index in [-0.39, 0.29) is 0 Å². The van der Waals surface area contributed by atoms with Gasteiger partial charge in [-0.05, 0) is 49.4 Å². The molecule has 0 amide bonds. The van der Waals surface area contributed by atoms with Crippen molar-refractivity contribution in [1.29, 1.82) is 0 Å². The predicted octanol–water partition coefficient (Wildman–Crippen LogP) is 3.13. The minimum atomic E-state index is 0.844. The Kier molecular flexibility index (Phi) is 5.20. The van der Waals surface area contributed by atoms with Crippen molar-refractivity contribution in [2.75, 3.05) is 24.5 Å². The molecule has 0 aromatic carbocycles. The second-order valence-corrected chi connectivity index (χ2v) is 5.63. The van der Waals surface area contributed by atoms with E-state index in [2.05, 4.69) is 37.1 Å². The third kappa shape index (κ3) is 3.69. The summed E-state index contributed by atoms with van der Waals surface area (Å²) < 4.78 is 0. The monoisotopic (exact) mass is 261 g/mol. The molecule has 1 saturated heterocycles. The summed E-state index contributed by atoms with van der Waals surface area (Å²) in [5.74, 6) is 2.04. The first-order chi connectivity index (χ1) is 9.24. The average Bonchev–Trinajstić information content (AvgIpc) is 2.45. The van der Waals surface area contributed by atoms with Gasteiger partial charge < -0.3 is 10.2 Å². The minimum Gasteiger partial charge on any atom is -0.356 e. The van der Waals surface area contributed by atoms with Crippen molar-refractivity contribution in [3.05, 3.63) is 23.4 Å². The molecule has 0 radical (unpaired) electrons. The van der Waals surface area contributed by atoms with Crippen LogP contribution in [0.1, 0.15) is 44.2 Å². The summed E-state index contributed by atoms with van der Waals surface area (Å²) in [6.45, 7) is 10.9. The Balaban J connectivity index is 2.07. The van der Waals surface area contributed by atoms with Gasteiger partial charge in [-0.2, -0.15) is 0 Å². The van der Waals surface area contributed by atoms with Crippen LogP contribution in [0.5, 0.6) is 0 Å². The molecule has 1 unspecified atom stereocenters. The predicted molar refractivity (Wildman–Crippen MR) is 81.6 cm³/mol. The summed E-state index contributed by atoms with van der Waals surface area (Å²) in [6.07, 6.45) is 6.00. The zero-order chi connectivity index (χ0) is 13.7. The fourth-order valence-electron chi connectivity index (χ4n) is 2.91. The van der Waals surface area contributed by atoms with Gasteiger partial charge >= 0.3 is 0 Å². The molecule has 0 aliphatic carbocycles. The van der Waals surface area contributed by atoms with Crippen LogP contribution in [0.2, 0.25) is 0 Å². The van der Waals surface area contributed by atoms with Gasteiger partial charge in [0.2, 0.25) is 0 Å². The maximum Gasteiger partial charge on any atom is 0.131 e. The topological polar surface area (TPSA) is 28.2 Å². The van der Waals surface area contributed by atoms with E-state index in [1.165, 1.54) is 42.8 Å². The van der Waals surface area contributed by atoms with Gasteiger partial charge in [-0.3, -0.25) is 0 Å². The maximum atomic E-state index is 4.71. The number of aryl methyl sites for hydroxylation is 1. The summed E-state index contributed by atoms with van der Waals surface area (Å²) in [4.78, 5) is 7.19. The number of piperidine rings is 1. The Hall–Kier alpha value is -1.09. The van der Waals surface area contributed by atoms with Gasteiger partial charge in [0, 0.05) is 25.8 Å². The molecule has 1 fully saturated rings. The first kappa shape index (κ1) is 14.3. The van der Waals surface area contributed by atoms with Crippen LogP contribution in [0.4, 0.5) is 5.82 Å². The number of aromatic nitrogens is 1. The van der Waals surface area contributed by atoms with Crippen molar-refractivity contribution in [3.63, 3.8) is 0 Å². The van der Waals surface area contributed by atoms with Crippen LogP contribution in [0.3, 0.4) is 0 Å². The number of hydrogen-bond acceptors (Lipinski definition) is 3. The highest BCUT2D eigenvalue weighted by molar-refractivity contribution is 5.47. The number of pyridine rings is 1. The summed E-state index contributed by atoms with van der Waals surface area (Å²) in [5, 5.41) is 3.35. The highest BCUT2D eigenvalue weighted by Crippen LogP contribution is 2.26. The third-order valence-electron chi connectivity index (χ3n) is 4.08. The second-order valence-electron chi connectivity index (χ2n) is 5.63. The number of rotatable bonds is 5. The minimum absolute atomic E-state index is 0.844. The fourth-order valence-corrected chi connectivity index (χ4v) is 2.91. The highest BCUT2D eigenvalue weighted by atomic mass is 15.2. The van der Waals surface area contributed by atoms with Crippen molar-refractivity contribution in [2.24, 2.45) is 5.92 Å². The summed E-state index contributed by atoms with van der Waals surface area (Å²) in [6, 6.07) is 2.28. The molecule has 1 atom stereocenters. The Labute approximate surface area is 117 Å². The fraction of sp³-hybridized carbons (Fsp3) is 0.688. The molecule has 2 heterocycles. The molecule has 0 bridgehead atoms. The molecule has 1 aromatic rings. The van der Waals surface area contributed by atoms with Gasteiger partial charge in [-0.15, -0.1) is 0 Å². The van der Waals surface area contributed by atoms with Gasteiger partial charge in [-0.1, -0.05) is 20.3 Å². The molecule has 19 heavy (non-hydrogen) atoms. The normalized spacial score (nSPS) is 19.7. The molecular formula is C16H27N3. The molecule has 1 aromatic heterocycles. The highest BCUT2D eigenvalue weighted by Gasteiger charge is 2.20. The Morgan fingerprint density at radius 2 is 2.26 bits per heavy atom. The van der Waals surface area contributed by atoms with E-state index in [1.54, 1.807) is 0 Å². The Morgan fingerprint density at radius 3 is 2.95 bits per heavy atom. The molecule has 106 valence electrons. The lowest BCUT2D eigenvalue weighted by atomic mass is 9.95. The smallest absolute Gasteiger partial charge is 0.131 e. The zero-order valence-electron chi connectivity index (χ0n) is 12.6. The Morgan fingerprint density at radius 1 is 1.42 bits per heavy atom. The van der Waals surface area contributed by atoms with E-state index in [9.17, 15) is 0 Å². The van der Waals surface area contributed by atoms with Crippen LogP contribution >= 0.6 is 0 Å². The first-order valence-electron chi connectivity index (χ1n) is 7.65. The van der Waals surface area contributed by atoms with E-state index in [0.29, 0.717) is 0 Å². The molecular weight excluding hydrogens is 234 g/mol. The standard InChI is InChI=1S/C16H27N3/c1-4-14-7-6-8-19(12-14)16-13(3)9-15(11-18-16)10-17-5-2/h9,11,14,17H,4-8,10,12H2,1-3H3. The van der Waals surface area contributed by atoms with Crippen LogP contribution < -0.4 is 10.2 Å². The van der Waals surface area contributed by atoms with E-state index in [4.69, 9.17) is 4.98 Å². The molecule has 2 rings (SSSR count). The van der Waals surface area contributed by atoms with Crippen molar-refractivity contribution >= 4 is 5.82 Å². The van der Waals surface area contributed by atoms with Crippen LogP contribution in [-0.4, -0.2) is 24.6 Å². The quantitative estimate of drug-likeness (QED) is 0.882. The van der Waals surface area contributed by atoms with Crippen LogP contribution in [0, 0.1) is 12.8 Å². The van der Waals surface area contributed by atoms with E-state index >= 15 is 0 Å². The van der Waals surface area contributed by atoms with Crippen LogP contribution in [0.15, 0.2) is 12.3 Å². The second kappa shape index (κ2) is 6.90. The molecule has 1 aliphatic heterocycles. The molecule has 0 saturated carbocycles. The molecule has 0 spiro atoms. The van der Waals surface area contributed by atoms with Gasteiger partial charge in [0.15, 0.2) is 0 Å². The largest absolute Gasteiger partial charge is 0.356 e. The lowest BCUT2D eigenvalue weighted by Gasteiger charge is -2.34. The van der Waals surface area contributed by atoms with E-state index in [0.717, 1.165) is 25.6 Å². The Bertz CT molecular complexity index is 403. The SMILES string of the molecule is CCNCc1cnc(N2CCCC(CC)C2)c(C)c1. The van der Waals surface area contributed by atoms with Crippen LogP contribution in [0.25, 0.3) is 0 Å². The van der Waals surface area contributed by atoms with Gasteiger partial charge in [0.05, 0.1) is 0 Å². The van der Waals surface area contributed by atoms with E-state index < -0.39 is 0 Å². The van der Waals surface area contributed by atoms with Crippen molar-refractivity contribution in [3.8, 4) is 0 Å². The summed E-state index contributed by atoms with van der Waals surface area (Å²) >= 11 is 0. The lowest BCUT2D eigenvalue weighted by molar-refractivity contribution is 0.402.